The highest BCUT2D eigenvalue weighted by molar-refractivity contribution is 5.74. The molecule has 8 nitrogen and oxygen atoms in total. The molecule has 8 heteroatoms. The van der Waals surface area contributed by atoms with Gasteiger partial charge in [-0.2, -0.15) is 0 Å². The molecule has 1 fully saturated rings. The molecule has 26 heavy (non-hydrogen) atoms. The highest BCUT2D eigenvalue weighted by atomic mass is 16.5. The van der Waals surface area contributed by atoms with Crippen LogP contribution in [-0.2, 0) is 0 Å². The van der Waals surface area contributed by atoms with Crippen LogP contribution in [0.2, 0.25) is 0 Å². The lowest BCUT2D eigenvalue weighted by molar-refractivity contribution is 0.126. The first-order valence-electron chi connectivity index (χ1n) is 8.48. The summed E-state index contributed by atoms with van der Waals surface area (Å²) in [5.41, 5.74) is 1.51. The van der Waals surface area contributed by atoms with Gasteiger partial charge >= 0.3 is 0 Å². The Morgan fingerprint density at radius 3 is 2.85 bits per heavy atom. The second-order valence-corrected chi connectivity index (χ2v) is 6.19. The Morgan fingerprint density at radius 1 is 1.35 bits per heavy atom. The summed E-state index contributed by atoms with van der Waals surface area (Å²) in [6, 6.07) is 2.09. The molecule has 140 valence electrons. The minimum absolute atomic E-state index is 0. The summed E-state index contributed by atoms with van der Waals surface area (Å²) in [7, 11) is 0. The summed E-state index contributed by atoms with van der Waals surface area (Å²) in [4.78, 5) is 12.2. The summed E-state index contributed by atoms with van der Waals surface area (Å²) in [6.07, 6.45) is 4.94. The van der Waals surface area contributed by atoms with Crippen molar-refractivity contribution >= 4 is 11.8 Å². The van der Waals surface area contributed by atoms with E-state index in [1.54, 1.807) is 6.20 Å². The topological polar surface area (TPSA) is 100 Å². The first-order chi connectivity index (χ1) is 12.2. The van der Waals surface area contributed by atoms with Crippen LogP contribution < -0.4 is 10.6 Å². The third kappa shape index (κ3) is 4.70. The minimum atomic E-state index is -0.186. The lowest BCUT2D eigenvalue weighted by Crippen LogP contribution is -2.28. The Bertz CT molecular complexity index is 746. The van der Waals surface area contributed by atoms with Crippen molar-refractivity contribution < 1.29 is 9.63 Å². The fraction of sp³-hybridized carbons (Fsp3) is 0.556. The number of hydrogen-bond acceptors (Lipinski definition) is 7. The average molecular weight is 358 g/mol. The number of nitrogens with zero attached hydrogens (tertiary/aromatic N) is 4. The zero-order valence-electron chi connectivity index (χ0n) is 14.2. The highest BCUT2D eigenvalue weighted by Crippen LogP contribution is 2.30. The zero-order valence-corrected chi connectivity index (χ0v) is 14.2. The molecule has 0 atom stereocenters. The van der Waals surface area contributed by atoms with E-state index in [4.69, 9.17) is 11.1 Å². The molecule has 2 aromatic rings. The fourth-order valence-corrected chi connectivity index (χ4v) is 2.99. The summed E-state index contributed by atoms with van der Waals surface area (Å²) in [6.45, 7) is 9.56. The maximum Gasteiger partial charge on any atom is 0.231 e. The normalized spacial score (nSPS) is 19.3. The van der Waals surface area contributed by atoms with Crippen molar-refractivity contribution in [1.29, 1.82) is 0 Å². The summed E-state index contributed by atoms with van der Waals surface area (Å²) in [5, 5.41) is 20.1. The average Bonchev–Trinajstić information content (AvgIpc) is 2.98. The monoisotopic (exact) mass is 358 g/mol. The molecule has 3 rings (SSSR count). The van der Waals surface area contributed by atoms with Gasteiger partial charge < -0.3 is 25.1 Å². The molecule has 1 saturated carbocycles. The Morgan fingerprint density at radius 2 is 2.12 bits per heavy atom. The van der Waals surface area contributed by atoms with Gasteiger partial charge in [0.05, 0.1) is 23.9 Å². The second kappa shape index (κ2) is 9.15. The molecule has 0 radical (unpaired) electrons. The molecule has 1 aliphatic carbocycles. The molecule has 0 saturated heterocycles. The SMILES string of the molecule is C.[C-]#[N+]CCNc1noc(C)c1-c1ccnc(NC2CCC(O)CC2)n1. The molecular formula is C18H26N6O2. The largest absolute Gasteiger partial charge is 0.393 e. The molecule has 2 heterocycles. The first-order valence-corrected chi connectivity index (χ1v) is 8.48. The van der Waals surface area contributed by atoms with Crippen molar-refractivity contribution in [3.8, 4) is 11.3 Å². The lowest BCUT2D eigenvalue weighted by atomic mass is 9.93. The maximum absolute atomic E-state index is 9.61. The number of rotatable bonds is 6. The quantitative estimate of drug-likeness (QED) is 0.539. The molecule has 1 aliphatic rings. The van der Waals surface area contributed by atoms with Crippen molar-refractivity contribution in [2.75, 3.05) is 23.7 Å². The number of hydrogen-bond donors (Lipinski definition) is 3. The van der Waals surface area contributed by atoms with Crippen LogP contribution >= 0.6 is 0 Å². The van der Waals surface area contributed by atoms with Crippen LogP contribution in [0.25, 0.3) is 16.1 Å². The standard InChI is InChI=1S/C17H22N6O2.CH4/c1-11-15(16(23-25-11)19-10-9-18-2)14-7-8-20-17(22-14)21-12-3-5-13(24)6-4-12;/h7-8,12-13,24H,3-6,9-10H2,1H3,(H,19,23)(H,20,21,22);1H4. The summed E-state index contributed by atoms with van der Waals surface area (Å²) >= 11 is 0. The minimum Gasteiger partial charge on any atom is -0.393 e. The van der Waals surface area contributed by atoms with Crippen LogP contribution in [0.15, 0.2) is 16.8 Å². The number of nitrogens with one attached hydrogen (secondary N) is 2. The van der Waals surface area contributed by atoms with Gasteiger partial charge in [0.15, 0.2) is 5.82 Å². The summed E-state index contributed by atoms with van der Waals surface area (Å²) < 4.78 is 5.28. The third-order valence-electron chi connectivity index (χ3n) is 4.32. The van der Waals surface area contributed by atoms with Gasteiger partial charge in [-0.05, 0) is 38.7 Å². The highest BCUT2D eigenvalue weighted by Gasteiger charge is 2.21. The molecule has 0 aliphatic heterocycles. The van der Waals surface area contributed by atoms with E-state index < -0.39 is 0 Å². The van der Waals surface area contributed by atoms with Crippen molar-refractivity contribution in [2.45, 2.75) is 52.2 Å². The molecule has 0 spiro atoms. The van der Waals surface area contributed by atoms with Gasteiger partial charge in [-0.25, -0.2) is 16.5 Å². The maximum atomic E-state index is 9.61. The molecule has 2 aromatic heterocycles. The molecular weight excluding hydrogens is 332 g/mol. The Balaban J connectivity index is 0.00000243. The number of anilines is 2. The fourth-order valence-electron chi connectivity index (χ4n) is 2.99. The third-order valence-corrected chi connectivity index (χ3v) is 4.32. The van der Waals surface area contributed by atoms with Gasteiger partial charge in [-0.3, -0.25) is 0 Å². The van der Waals surface area contributed by atoms with Crippen LogP contribution in [-0.4, -0.2) is 45.5 Å². The van der Waals surface area contributed by atoms with E-state index in [1.165, 1.54) is 0 Å². The van der Waals surface area contributed by atoms with Gasteiger partial charge in [0.25, 0.3) is 0 Å². The van der Waals surface area contributed by atoms with Crippen molar-refractivity contribution in [1.82, 2.24) is 15.1 Å². The molecule has 0 unspecified atom stereocenters. The van der Waals surface area contributed by atoms with Crippen LogP contribution in [0.1, 0.15) is 38.9 Å². The molecule has 0 amide bonds. The van der Waals surface area contributed by atoms with Crippen LogP contribution in [0.3, 0.4) is 0 Å². The van der Waals surface area contributed by atoms with E-state index in [-0.39, 0.29) is 19.6 Å². The van der Waals surface area contributed by atoms with Crippen LogP contribution in [0.4, 0.5) is 11.8 Å². The lowest BCUT2D eigenvalue weighted by Gasteiger charge is -2.26. The number of aromatic nitrogens is 3. The first kappa shape index (κ1) is 19.7. The zero-order chi connectivity index (χ0) is 17.6. The van der Waals surface area contributed by atoms with E-state index in [2.05, 4.69) is 30.6 Å². The van der Waals surface area contributed by atoms with E-state index in [0.717, 1.165) is 36.9 Å². The van der Waals surface area contributed by atoms with Gasteiger partial charge in [0, 0.05) is 12.2 Å². The van der Waals surface area contributed by atoms with Crippen molar-refractivity contribution in [3.63, 3.8) is 0 Å². The van der Waals surface area contributed by atoms with E-state index >= 15 is 0 Å². The van der Waals surface area contributed by atoms with Gasteiger partial charge in [0.1, 0.15) is 5.76 Å². The second-order valence-electron chi connectivity index (χ2n) is 6.19. The van der Waals surface area contributed by atoms with Crippen LogP contribution in [0.5, 0.6) is 0 Å². The Hall–Kier alpha value is -2.66. The van der Waals surface area contributed by atoms with Gasteiger partial charge in [-0.1, -0.05) is 12.6 Å². The van der Waals surface area contributed by atoms with Gasteiger partial charge in [-0.15, -0.1) is 0 Å². The Kier molecular flexibility index (Phi) is 6.92. The summed E-state index contributed by atoms with van der Waals surface area (Å²) in [5.74, 6) is 1.81. The van der Waals surface area contributed by atoms with E-state index in [0.29, 0.717) is 30.6 Å². The number of aryl methyl sites for hydroxylation is 1. The number of aliphatic hydroxyl groups excluding tert-OH is 1. The van der Waals surface area contributed by atoms with E-state index in [1.807, 2.05) is 13.0 Å². The van der Waals surface area contributed by atoms with Gasteiger partial charge in [0.2, 0.25) is 12.5 Å². The molecule has 0 bridgehead atoms. The molecule has 0 aromatic carbocycles. The predicted octanol–water partition coefficient (Wildman–Crippen LogP) is 3.12. The predicted molar refractivity (Wildman–Crippen MR) is 101 cm³/mol. The van der Waals surface area contributed by atoms with Crippen molar-refractivity contribution in [3.05, 3.63) is 29.4 Å². The Labute approximate surface area is 153 Å². The van der Waals surface area contributed by atoms with E-state index in [9.17, 15) is 5.11 Å². The van der Waals surface area contributed by atoms with Crippen molar-refractivity contribution in [2.24, 2.45) is 0 Å². The molecule has 3 N–H and O–H groups in total. The smallest absolute Gasteiger partial charge is 0.231 e. The number of aliphatic hydroxyl groups is 1. The van der Waals surface area contributed by atoms with Crippen LogP contribution in [0, 0.1) is 13.5 Å².